The quantitative estimate of drug-likeness (QED) is 0.0968. The summed E-state index contributed by atoms with van der Waals surface area (Å²) in [6, 6.07) is 3.75. The van der Waals surface area contributed by atoms with Gasteiger partial charge in [0.05, 0.1) is 10.9 Å². The summed E-state index contributed by atoms with van der Waals surface area (Å²) in [7, 11) is -1.41. The standard InChI is InChI=1S/C26H33F5N4O3SSi/c1-25(2,14-36)13-33-24(39)34-16-10-18(27)22(19(28)11-16)38-20-6-7-32-23-21(20)17(26(29,30)31)12-35(23)15-37-8-9-40(3,4)5/h6-7,10-12,36H,8-9,13-15H2,1-5H3,(H2,33,34,39). The van der Waals surface area contributed by atoms with Gasteiger partial charge in [0.15, 0.2) is 22.5 Å². The van der Waals surface area contributed by atoms with Crippen LogP contribution in [0.4, 0.5) is 27.6 Å². The van der Waals surface area contributed by atoms with Crippen LogP contribution in [0.1, 0.15) is 19.4 Å². The van der Waals surface area contributed by atoms with Gasteiger partial charge in [0, 0.05) is 63.5 Å². The molecule has 0 fully saturated rings. The number of fused-ring (bicyclic) bond motifs is 1. The number of aliphatic hydroxyl groups excluding tert-OH is 1. The van der Waals surface area contributed by atoms with Crippen molar-refractivity contribution in [2.45, 2.75) is 52.4 Å². The number of nitrogens with one attached hydrogen (secondary N) is 2. The third-order valence-corrected chi connectivity index (χ3v) is 7.83. The van der Waals surface area contributed by atoms with Gasteiger partial charge >= 0.3 is 6.18 Å². The minimum Gasteiger partial charge on any atom is -0.450 e. The van der Waals surface area contributed by atoms with Crippen molar-refractivity contribution < 1.29 is 36.5 Å². The Bertz CT molecular complexity index is 1340. The number of halogens is 5. The molecule has 2 heterocycles. The van der Waals surface area contributed by atoms with Crippen molar-refractivity contribution in [3.63, 3.8) is 0 Å². The molecule has 40 heavy (non-hydrogen) atoms. The zero-order valence-corrected chi connectivity index (χ0v) is 24.7. The Morgan fingerprint density at radius 1 is 1.15 bits per heavy atom. The van der Waals surface area contributed by atoms with Crippen molar-refractivity contribution >= 4 is 42.1 Å². The Morgan fingerprint density at radius 2 is 1.80 bits per heavy atom. The first-order valence-corrected chi connectivity index (χ1v) is 16.6. The number of nitrogens with zero attached hydrogens (tertiary/aromatic N) is 2. The molecule has 0 aliphatic carbocycles. The molecule has 0 spiro atoms. The Morgan fingerprint density at radius 3 is 2.38 bits per heavy atom. The maximum Gasteiger partial charge on any atom is 0.418 e. The zero-order valence-electron chi connectivity index (χ0n) is 22.9. The minimum atomic E-state index is -4.79. The van der Waals surface area contributed by atoms with Crippen molar-refractivity contribution in [2.75, 3.05) is 25.1 Å². The van der Waals surface area contributed by atoms with E-state index in [9.17, 15) is 27.1 Å². The van der Waals surface area contributed by atoms with Crippen LogP contribution in [0, 0.1) is 17.0 Å². The summed E-state index contributed by atoms with van der Waals surface area (Å²) in [4.78, 5) is 4.05. The molecular formula is C26H33F5N4O3SSi. The topological polar surface area (TPSA) is 80.6 Å². The van der Waals surface area contributed by atoms with Crippen molar-refractivity contribution in [1.82, 2.24) is 14.9 Å². The van der Waals surface area contributed by atoms with E-state index in [1.54, 1.807) is 13.8 Å². The van der Waals surface area contributed by atoms with Gasteiger partial charge in [-0.05, 0) is 24.3 Å². The van der Waals surface area contributed by atoms with Crippen LogP contribution in [0.5, 0.6) is 11.5 Å². The molecule has 2 aromatic heterocycles. The molecule has 0 amide bonds. The average molecular weight is 605 g/mol. The average Bonchev–Trinajstić information content (AvgIpc) is 3.22. The first kappa shape index (κ1) is 31.7. The summed E-state index contributed by atoms with van der Waals surface area (Å²) in [5, 5.41) is 14.4. The van der Waals surface area contributed by atoms with Crippen LogP contribution < -0.4 is 15.4 Å². The molecule has 14 heteroatoms. The van der Waals surface area contributed by atoms with E-state index in [1.165, 1.54) is 10.8 Å². The summed E-state index contributed by atoms with van der Waals surface area (Å²) in [5.41, 5.74) is -1.69. The van der Waals surface area contributed by atoms with Gasteiger partial charge in [-0.3, -0.25) is 0 Å². The molecule has 0 radical (unpaired) electrons. The highest BCUT2D eigenvalue weighted by Gasteiger charge is 2.37. The maximum atomic E-state index is 15.0. The molecule has 0 saturated carbocycles. The predicted octanol–water partition coefficient (Wildman–Crippen LogP) is 6.74. The Labute approximate surface area is 235 Å². The van der Waals surface area contributed by atoms with Gasteiger partial charge in [-0.15, -0.1) is 0 Å². The second-order valence-electron chi connectivity index (χ2n) is 11.4. The van der Waals surface area contributed by atoms with E-state index in [0.717, 1.165) is 30.4 Å². The number of thiocarbonyl (C=S) groups is 1. The molecule has 3 aromatic rings. The van der Waals surface area contributed by atoms with Crippen LogP contribution in [-0.2, 0) is 17.6 Å². The van der Waals surface area contributed by atoms with Gasteiger partial charge in [0.1, 0.15) is 18.1 Å². The lowest BCUT2D eigenvalue weighted by atomic mass is 9.95. The third-order valence-electron chi connectivity index (χ3n) is 5.87. The van der Waals surface area contributed by atoms with E-state index in [1.807, 2.05) is 0 Å². The highest BCUT2D eigenvalue weighted by Crippen LogP contribution is 2.42. The van der Waals surface area contributed by atoms with Gasteiger partial charge in [0.25, 0.3) is 0 Å². The highest BCUT2D eigenvalue weighted by molar-refractivity contribution is 7.80. The number of pyridine rings is 1. The smallest absolute Gasteiger partial charge is 0.418 e. The second-order valence-corrected chi connectivity index (χ2v) is 17.4. The predicted molar refractivity (Wildman–Crippen MR) is 150 cm³/mol. The van der Waals surface area contributed by atoms with Gasteiger partial charge < -0.3 is 29.8 Å². The molecule has 3 N–H and O–H groups in total. The fraction of sp³-hybridized carbons (Fsp3) is 0.462. The number of hydrogen-bond acceptors (Lipinski definition) is 5. The number of anilines is 1. The molecule has 7 nitrogen and oxygen atoms in total. The van der Waals surface area contributed by atoms with Crippen molar-refractivity contribution in [3.05, 3.63) is 47.8 Å². The van der Waals surface area contributed by atoms with Crippen LogP contribution >= 0.6 is 12.2 Å². The molecule has 0 aliphatic heterocycles. The molecule has 0 atom stereocenters. The highest BCUT2D eigenvalue weighted by atomic mass is 32.1. The summed E-state index contributed by atoms with van der Waals surface area (Å²) in [6.07, 6.45) is -2.74. The SMILES string of the molecule is CC(C)(CO)CNC(=S)Nc1cc(F)c(Oc2ccnc3c2c(C(F)(F)F)cn3COCC[Si](C)(C)C)c(F)c1. The van der Waals surface area contributed by atoms with Crippen molar-refractivity contribution in [2.24, 2.45) is 5.41 Å². The summed E-state index contributed by atoms with van der Waals surface area (Å²) in [5.74, 6) is -3.62. The van der Waals surface area contributed by atoms with Crippen molar-refractivity contribution in [1.29, 1.82) is 0 Å². The first-order chi connectivity index (χ1) is 18.5. The molecule has 1 aromatic carbocycles. The number of rotatable bonds is 11. The number of hydrogen-bond donors (Lipinski definition) is 3. The van der Waals surface area contributed by atoms with Gasteiger partial charge in [-0.25, -0.2) is 13.8 Å². The molecule has 0 bridgehead atoms. The lowest BCUT2D eigenvalue weighted by Crippen LogP contribution is -2.38. The molecule has 3 rings (SSSR count). The lowest BCUT2D eigenvalue weighted by Gasteiger charge is -2.23. The number of aromatic nitrogens is 2. The number of aliphatic hydroxyl groups is 1. The first-order valence-electron chi connectivity index (χ1n) is 12.5. The number of ether oxygens (including phenoxy) is 2. The Kier molecular flexibility index (Phi) is 9.81. The van der Waals surface area contributed by atoms with Gasteiger partial charge in [-0.1, -0.05) is 33.5 Å². The summed E-state index contributed by atoms with van der Waals surface area (Å²) < 4.78 is 84.0. The maximum absolute atomic E-state index is 15.0. The molecular weight excluding hydrogens is 571 g/mol. The molecule has 220 valence electrons. The van der Waals surface area contributed by atoms with Crippen LogP contribution in [-0.4, -0.2) is 47.6 Å². The molecule has 0 unspecified atom stereocenters. The minimum absolute atomic E-state index is 0.0425. The normalized spacial score (nSPS) is 12.6. The van der Waals surface area contributed by atoms with E-state index in [-0.39, 0.29) is 29.8 Å². The van der Waals surface area contributed by atoms with Gasteiger partial charge in [0.2, 0.25) is 0 Å². The Hall–Kier alpha value is -2.81. The van der Waals surface area contributed by atoms with Gasteiger partial charge in [-0.2, -0.15) is 13.2 Å². The van der Waals surface area contributed by atoms with E-state index < -0.39 is 53.7 Å². The zero-order chi connectivity index (χ0) is 29.9. The number of alkyl halides is 3. The van der Waals surface area contributed by atoms with Crippen LogP contribution in [0.25, 0.3) is 11.0 Å². The van der Waals surface area contributed by atoms with Crippen LogP contribution in [0.15, 0.2) is 30.6 Å². The van der Waals surface area contributed by atoms with E-state index in [0.29, 0.717) is 13.2 Å². The van der Waals surface area contributed by atoms with Crippen molar-refractivity contribution in [3.8, 4) is 11.5 Å². The van der Waals surface area contributed by atoms with E-state index in [2.05, 4.69) is 35.3 Å². The third kappa shape index (κ3) is 8.35. The fourth-order valence-corrected chi connectivity index (χ4v) is 4.46. The van der Waals surface area contributed by atoms with Crippen LogP contribution in [0.3, 0.4) is 0 Å². The monoisotopic (exact) mass is 604 g/mol. The lowest BCUT2D eigenvalue weighted by molar-refractivity contribution is -0.136. The van der Waals surface area contributed by atoms with E-state index in [4.69, 9.17) is 21.7 Å². The second kappa shape index (κ2) is 12.4. The largest absolute Gasteiger partial charge is 0.450 e. The van der Waals surface area contributed by atoms with Crippen LogP contribution in [0.2, 0.25) is 25.7 Å². The Balaban J connectivity index is 1.87. The van der Waals surface area contributed by atoms with E-state index >= 15 is 0 Å². The number of benzene rings is 1. The molecule has 0 aliphatic rings. The fourth-order valence-electron chi connectivity index (χ4n) is 3.52. The molecule has 0 saturated heterocycles. The summed E-state index contributed by atoms with van der Waals surface area (Å²) in [6.45, 7) is 10.4. The summed E-state index contributed by atoms with van der Waals surface area (Å²) >= 11 is 5.13.